The van der Waals surface area contributed by atoms with Gasteiger partial charge in [-0.2, -0.15) is 0 Å². The summed E-state index contributed by atoms with van der Waals surface area (Å²) in [5.41, 5.74) is 3.17. The Morgan fingerprint density at radius 3 is 2.79 bits per heavy atom. The first kappa shape index (κ1) is 18.3. The van der Waals surface area contributed by atoms with E-state index in [2.05, 4.69) is 36.7 Å². The minimum absolute atomic E-state index is 0.137. The average Bonchev–Trinajstić information content (AvgIpc) is 3.30. The van der Waals surface area contributed by atoms with Gasteiger partial charge in [0.05, 0.1) is 23.4 Å². The standard InChI is InChI=1S/C19H16BrN5O3/c1-11-17(19(27)21-8-9-26)22-24-25(11)14-6-7-16-15(10-14)18(28-23-16)12-2-4-13(20)5-3-12/h2-7,10,26H,8-9H2,1H3,(H,21,27). The van der Waals surface area contributed by atoms with Gasteiger partial charge in [0.25, 0.3) is 5.91 Å². The highest BCUT2D eigenvalue weighted by Gasteiger charge is 2.18. The van der Waals surface area contributed by atoms with Crippen LogP contribution in [0.5, 0.6) is 0 Å². The second kappa shape index (κ2) is 7.53. The lowest BCUT2D eigenvalue weighted by molar-refractivity contribution is 0.0939. The SMILES string of the molecule is Cc1c(C(=O)NCCO)nnn1-c1ccc2noc(-c3ccc(Br)cc3)c2c1. The van der Waals surface area contributed by atoms with Crippen molar-refractivity contribution in [3.05, 3.63) is 58.3 Å². The van der Waals surface area contributed by atoms with Crippen LogP contribution in [0.1, 0.15) is 16.2 Å². The summed E-state index contributed by atoms with van der Waals surface area (Å²) in [6.45, 7) is 1.79. The maximum Gasteiger partial charge on any atom is 0.273 e. The molecule has 0 aliphatic carbocycles. The van der Waals surface area contributed by atoms with E-state index in [1.807, 2.05) is 42.5 Å². The van der Waals surface area contributed by atoms with Gasteiger partial charge in [0, 0.05) is 16.6 Å². The molecular weight excluding hydrogens is 426 g/mol. The molecule has 2 heterocycles. The molecule has 2 aromatic heterocycles. The molecule has 9 heteroatoms. The van der Waals surface area contributed by atoms with Crippen LogP contribution in [0.25, 0.3) is 27.9 Å². The molecule has 8 nitrogen and oxygen atoms in total. The Kier molecular flexibility index (Phi) is 4.93. The van der Waals surface area contributed by atoms with Crippen molar-refractivity contribution in [2.75, 3.05) is 13.2 Å². The predicted molar refractivity (Wildman–Crippen MR) is 106 cm³/mol. The lowest BCUT2D eigenvalue weighted by atomic mass is 10.1. The Labute approximate surface area is 168 Å². The molecule has 0 unspecified atom stereocenters. The lowest BCUT2D eigenvalue weighted by Gasteiger charge is -2.05. The molecule has 0 atom stereocenters. The fraction of sp³-hybridized carbons (Fsp3) is 0.158. The van der Waals surface area contributed by atoms with Gasteiger partial charge in [0.15, 0.2) is 11.5 Å². The molecule has 0 spiro atoms. The number of fused-ring (bicyclic) bond motifs is 1. The lowest BCUT2D eigenvalue weighted by Crippen LogP contribution is -2.27. The minimum Gasteiger partial charge on any atom is -0.395 e. The van der Waals surface area contributed by atoms with Crippen LogP contribution in [0.2, 0.25) is 0 Å². The molecule has 4 aromatic rings. The van der Waals surface area contributed by atoms with Crippen LogP contribution >= 0.6 is 15.9 Å². The van der Waals surface area contributed by atoms with Gasteiger partial charge in [-0.3, -0.25) is 4.79 Å². The monoisotopic (exact) mass is 441 g/mol. The van der Waals surface area contributed by atoms with Gasteiger partial charge in [-0.1, -0.05) is 26.3 Å². The topological polar surface area (TPSA) is 106 Å². The number of benzene rings is 2. The first-order chi connectivity index (χ1) is 13.6. The molecule has 0 aliphatic rings. The highest BCUT2D eigenvalue weighted by Crippen LogP contribution is 2.31. The molecule has 0 fully saturated rings. The predicted octanol–water partition coefficient (Wildman–Crippen LogP) is 2.87. The van der Waals surface area contributed by atoms with Crippen molar-refractivity contribution >= 4 is 32.7 Å². The van der Waals surface area contributed by atoms with E-state index in [0.717, 1.165) is 26.6 Å². The summed E-state index contributed by atoms with van der Waals surface area (Å²) in [6, 6.07) is 13.3. The Bertz CT molecular complexity index is 1150. The number of halogens is 1. The second-order valence-electron chi connectivity index (χ2n) is 6.13. The fourth-order valence-corrected chi connectivity index (χ4v) is 3.17. The van der Waals surface area contributed by atoms with Crippen molar-refractivity contribution in [1.82, 2.24) is 25.5 Å². The van der Waals surface area contributed by atoms with Crippen molar-refractivity contribution in [1.29, 1.82) is 0 Å². The number of aromatic nitrogens is 4. The average molecular weight is 442 g/mol. The summed E-state index contributed by atoms with van der Waals surface area (Å²) in [6.07, 6.45) is 0. The molecule has 0 saturated heterocycles. The van der Waals surface area contributed by atoms with E-state index in [4.69, 9.17) is 9.63 Å². The normalized spacial score (nSPS) is 11.1. The maximum atomic E-state index is 12.1. The Morgan fingerprint density at radius 1 is 1.25 bits per heavy atom. The quantitative estimate of drug-likeness (QED) is 0.493. The van der Waals surface area contributed by atoms with Gasteiger partial charge >= 0.3 is 0 Å². The highest BCUT2D eigenvalue weighted by molar-refractivity contribution is 9.10. The summed E-state index contributed by atoms with van der Waals surface area (Å²) in [5, 5.41) is 24.5. The Hall–Kier alpha value is -3.04. The third kappa shape index (κ3) is 3.30. The number of aliphatic hydroxyl groups is 1. The van der Waals surface area contributed by atoms with E-state index in [1.54, 1.807) is 11.6 Å². The number of nitrogens with zero attached hydrogens (tertiary/aromatic N) is 4. The van der Waals surface area contributed by atoms with Crippen LogP contribution in [0.3, 0.4) is 0 Å². The van der Waals surface area contributed by atoms with Crippen molar-refractivity contribution in [2.45, 2.75) is 6.92 Å². The number of aliphatic hydroxyl groups excluding tert-OH is 1. The van der Waals surface area contributed by atoms with Crippen molar-refractivity contribution in [2.24, 2.45) is 0 Å². The first-order valence-corrected chi connectivity index (χ1v) is 9.35. The summed E-state index contributed by atoms with van der Waals surface area (Å²) in [7, 11) is 0. The van der Waals surface area contributed by atoms with Crippen molar-refractivity contribution < 1.29 is 14.4 Å². The zero-order valence-electron chi connectivity index (χ0n) is 14.9. The number of carbonyl (C=O) groups excluding carboxylic acids is 1. The molecule has 0 saturated carbocycles. The van der Waals surface area contributed by atoms with Gasteiger partial charge in [-0.05, 0) is 49.4 Å². The Morgan fingerprint density at radius 2 is 2.04 bits per heavy atom. The minimum atomic E-state index is -0.376. The Balaban J connectivity index is 1.74. The highest BCUT2D eigenvalue weighted by atomic mass is 79.9. The van der Waals surface area contributed by atoms with Crippen molar-refractivity contribution in [3.8, 4) is 17.0 Å². The van der Waals surface area contributed by atoms with Gasteiger partial charge in [-0.15, -0.1) is 5.10 Å². The third-order valence-corrected chi connectivity index (χ3v) is 4.85. The number of rotatable bonds is 5. The molecule has 142 valence electrons. The van der Waals surface area contributed by atoms with Crippen LogP contribution in [-0.2, 0) is 0 Å². The van der Waals surface area contributed by atoms with E-state index >= 15 is 0 Å². The molecule has 4 rings (SSSR count). The number of hydrogen-bond donors (Lipinski definition) is 2. The zero-order valence-corrected chi connectivity index (χ0v) is 16.5. The number of amides is 1. The molecule has 0 radical (unpaired) electrons. The molecule has 0 bridgehead atoms. The smallest absolute Gasteiger partial charge is 0.273 e. The number of nitrogens with one attached hydrogen (secondary N) is 1. The van der Waals surface area contributed by atoms with E-state index in [1.165, 1.54) is 0 Å². The molecular formula is C19H16BrN5O3. The molecule has 2 N–H and O–H groups in total. The molecule has 1 amide bonds. The van der Waals surface area contributed by atoms with Crippen LogP contribution in [0.15, 0.2) is 51.5 Å². The summed E-state index contributed by atoms with van der Waals surface area (Å²) >= 11 is 3.43. The van der Waals surface area contributed by atoms with Gasteiger partial charge in [-0.25, -0.2) is 4.68 Å². The third-order valence-electron chi connectivity index (χ3n) is 4.32. The van der Waals surface area contributed by atoms with Crippen LogP contribution < -0.4 is 5.32 Å². The van der Waals surface area contributed by atoms with E-state index in [-0.39, 0.29) is 24.8 Å². The van der Waals surface area contributed by atoms with E-state index < -0.39 is 0 Å². The van der Waals surface area contributed by atoms with E-state index in [0.29, 0.717) is 11.5 Å². The van der Waals surface area contributed by atoms with Crippen LogP contribution in [-0.4, -0.2) is 44.3 Å². The molecule has 28 heavy (non-hydrogen) atoms. The molecule has 0 aliphatic heterocycles. The largest absolute Gasteiger partial charge is 0.395 e. The van der Waals surface area contributed by atoms with Crippen LogP contribution in [0, 0.1) is 6.92 Å². The first-order valence-electron chi connectivity index (χ1n) is 8.55. The summed E-state index contributed by atoms with van der Waals surface area (Å²) < 4.78 is 8.12. The van der Waals surface area contributed by atoms with Crippen LogP contribution in [0.4, 0.5) is 0 Å². The van der Waals surface area contributed by atoms with E-state index in [9.17, 15) is 4.79 Å². The maximum absolute atomic E-state index is 12.1. The zero-order chi connectivity index (χ0) is 19.7. The summed E-state index contributed by atoms with van der Waals surface area (Å²) in [4.78, 5) is 12.1. The van der Waals surface area contributed by atoms with Crippen molar-refractivity contribution in [3.63, 3.8) is 0 Å². The van der Waals surface area contributed by atoms with Gasteiger partial charge in [0.2, 0.25) is 0 Å². The van der Waals surface area contributed by atoms with Gasteiger partial charge < -0.3 is 14.9 Å². The number of hydrogen-bond acceptors (Lipinski definition) is 6. The fourth-order valence-electron chi connectivity index (χ4n) is 2.91. The van der Waals surface area contributed by atoms with Gasteiger partial charge in [0.1, 0.15) is 5.52 Å². The molecule has 2 aromatic carbocycles. The summed E-state index contributed by atoms with van der Waals surface area (Å²) in [5.74, 6) is 0.280. The second-order valence-corrected chi connectivity index (χ2v) is 7.05. The number of carbonyl (C=O) groups is 1.